The smallest absolute Gasteiger partial charge is 0.334 e. The van der Waals surface area contributed by atoms with E-state index in [4.69, 9.17) is 9.47 Å². The second kappa shape index (κ2) is 2.90. The van der Waals surface area contributed by atoms with Crippen LogP contribution in [-0.4, -0.2) is 23.3 Å². The van der Waals surface area contributed by atoms with Crippen molar-refractivity contribution in [2.24, 2.45) is 11.8 Å². The highest BCUT2D eigenvalue weighted by atomic mass is 16.6. The summed E-state index contributed by atoms with van der Waals surface area (Å²) in [7, 11) is 0. The molecule has 18 heavy (non-hydrogen) atoms. The maximum absolute atomic E-state index is 11.8. The number of hydrogen-bond acceptors (Lipinski definition) is 3. The van der Waals surface area contributed by atoms with Gasteiger partial charge in [0, 0.05) is 17.4 Å². The van der Waals surface area contributed by atoms with Gasteiger partial charge in [0.05, 0.1) is 5.60 Å². The summed E-state index contributed by atoms with van der Waals surface area (Å²) in [6.45, 7) is 8.27. The van der Waals surface area contributed by atoms with Gasteiger partial charge in [0.1, 0.15) is 11.7 Å². The van der Waals surface area contributed by atoms with Crippen LogP contribution in [0.4, 0.5) is 0 Å². The van der Waals surface area contributed by atoms with Crippen LogP contribution in [0.15, 0.2) is 23.8 Å². The second-order valence-corrected chi connectivity index (χ2v) is 6.39. The number of rotatable bonds is 0. The van der Waals surface area contributed by atoms with E-state index in [1.54, 1.807) is 0 Å². The number of hydrogen-bond donors (Lipinski definition) is 0. The molecule has 0 aromatic heterocycles. The molecule has 5 atom stereocenters. The van der Waals surface area contributed by atoms with Gasteiger partial charge in [-0.2, -0.15) is 0 Å². The van der Waals surface area contributed by atoms with Gasteiger partial charge in [-0.1, -0.05) is 18.2 Å². The molecule has 0 unspecified atom stereocenters. The number of esters is 1. The first-order chi connectivity index (χ1) is 8.48. The molecule has 1 spiro atoms. The van der Waals surface area contributed by atoms with Gasteiger partial charge in [0.2, 0.25) is 0 Å². The summed E-state index contributed by atoms with van der Waals surface area (Å²) >= 11 is 0. The Bertz CT molecular complexity index is 506. The van der Waals surface area contributed by atoms with Gasteiger partial charge < -0.3 is 9.47 Å². The van der Waals surface area contributed by atoms with Crippen molar-refractivity contribution >= 4 is 5.97 Å². The molecule has 96 valence electrons. The second-order valence-electron chi connectivity index (χ2n) is 6.39. The van der Waals surface area contributed by atoms with E-state index in [-0.39, 0.29) is 35.1 Å². The van der Waals surface area contributed by atoms with Crippen molar-refractivity contribution in [3.8, 4) is 0 Å². The van der Waals surface area contributed by atoms with Crippen LogP contribution in [0.5, 0.6) is 0 Å². The average Bonchev–Trinajstić information content (AvgIpc) is 2.65. The van der Waals surface area contributed by atoms with E-state index in [9.17, 15) is 4.79 Å². The van der Waals surface area contributed by atoms with Gasteiger partial charge in [-0.25, -0.2) is 4.79 Å². The van der Waals surface area contributed by atoms with Crippen LogP contribution < -0.4 is 0 Å². The van der Waals surface area contributed by atoms with Gasteiger partial charge in [-0.3, -0.25) is 0 Å². The van der Waals surface area contributed by atoms with E-state index in [0.717, 1.165) is 19.3 Å². The number of carbonyl (C=O) groups is 1. The minimum Gasteiger partial charge on any atom is -0.458 e. The first-order valence-corrected chi connectivity index (χ1v) is 6.75. The largest absolute Gasteiger partial charge is 0.458 e. The third kappa shape index (κ3) is 0.993. The summed E-state index contributed by atoms with van der Waals surface area (Å²) in [6.07, 6.45) is 5.13. The molecule has 0 bridgehead atoms. The first kappa shape index (κ1) is 10.8. The topological polar surface area (TPSA) is 38.8 Å². The molecule has 0 N–H and O–H groups in total. The Morgan fingerprint density at radius 1 is 1.50 bits per heavy atom. The normalized spacial score (nSPS) is 53.0. The highest BCUT2D eigenvalue weighted by Gasteiger charge is 2.75. The van der Waals surface area contributed by atoms with Crippen LogP contribution in [0, 0.1) is 11.8 Å². The van der Waals surface area contributed by atoms with E-state index in [0.29, 0.717) is 5.57 Å². The Balaban J connectivity index is 1.81. The van der Waals surface area contributed by atoms with Crippen molar-refractivity contribution in [2.45, 2.75) is 50.4 Å². The Morgan fingerprint density at radius 2 is 2.28 bits per heavy atom. The Hall–Kier alpha value is -1.09. The minimum atomic E-state index is -0.205. The van der Waals surface area contributed by atoms with Crippen molar-refractivity contribution in [3.63, 3.8) is 0 Å². The molecule has 2 heterocycles. The quantitative estimate of drug-likeness (QED) is 0.285. The van der Waals surface area contributed by atoms with Crippen LogP contribution in [-0.2, 0) is 14.3 Å². The van der Waals surface area contributed by atoms with Crippen LogP contribution in [0.1, 0.15) is 33.1 Å². The summed E-state index contributed by atoms with van der Waals surface area (Å²) in [4.78, 5) is 11.8. The zero-order valence-corrected chi connectivity index (χ0v) is 10.9. The predicted molar refractivity (Wildman–Crippen MR) is 65.8 cm³/mol. The highest BCUT2D eigenvalue weighted by molar-refractivity contribution is 5.91. The van der Waals surface area contributed by atoms with Crippen LogP contribution in [0.25, 0.3) is 0 Å². The molecule has 2 aliphatic carbocycles. The monoisotopic (exact) mass is 246 g/mol. The summed E-state index contributed by atoms with van der Waals surface area (Å²) in [5.74, 6) is 0.219. The molecular formula is C15H18O3. The van der Waals surface area contributed by atoms with Crippen molar-refractivity contribution in [1.82, 2.24) is 0 Å². The molecule has 2 aliphatic heterocycles. The molecule has 4 rings (SSSR count). The SMILES string of the molecule is C=C1C(=O)O[C@@H]2[C@H]3C(C)=CC[C@@]34O[C@@]4(C)CC[C@@H]12. The summed E-state index contributed by atoms with van der Waals surface area (Å²) in [5.41, 5.74) is 1.86. The molecule has 3 heteroatoms. The molecule has 1 saturated carbocycles. The van der Waals surface area contributed by atoms with Crippen LogP contribution in [0.3, 0.4) is 0 Å². The molecule has 0 aromatic rings. The molecule has 0 amide bonds. The van der Waals surface area contributed by atoms with Crippen LogP contribution >= 0.6 is 0 Å². The Kier molecular flexibility index (Phi) is 1.74. The lowest BCUT2D eigenvalue weighted by atomic mass is 9.78. The van der Waals surface area contributed by atoms with Gasteiger partial charge in [-0.05, 0) is 33.1 Å². The Labute approximate surface area is 107 Å². The number of carbonyl (C=O) groups excluding carboxylic acids is 1. The number of ether oxygens (including phenoxy) is 2. The lowest BCUT2D eigenvalue weighted by Crippen LogP contribution is -2.37. The zero-order chi connectivity index (χ0) is 12.7. The van der Waals surface area contributed by atoms with Gasteiger partial charge in [0.25, 0.3) is 0 Å². The van der Waals surface area contributed by atoms with Crippen molar-refractivity contribution in [3.05, 3.63) is 23.8 Å². The van der Waals surface area contributed by atoms with Crippen molar-refractivity contribution in [2.75, 3.05) is 0 Å². The van der Waals surface area contributed by atoms with Gasteiger partial charge >= 0.3 is 5.97 Å². The van der Waals surface area contributed by atoms with E-state index in [1.807, 2.05) is 0 Å². The fourth-order valence-corrected chi connectivity index (χ4v) is 4.45. The van der Waals surface area contributed by atoms with Crippen LogP contribution in [0.2, 0.25) is 0 Å². The summed E-state index contributed by atoms with van der Waals surface area (Å²) in [6, 6.07) is 0. The number of epoxide rings is 1. The zero-order valence-electron chi connectivity index (χ0n) is 10.9. The maximum Gasteiger partial charge on any atom is 0.334 e. The fraction of sp³-hybridized carbons (Fsp3) is 0.667. The van der Waals surface area contributed by atoms with Crippen molar-refractivity contribution < 1.29 is 14.3 Å². The lowest BCUT2D eigenvalue weighted by molar-refractivity contribution is -0.141. The predicted octanol–water partition coefficient (Wildman–Crippen LogP) is 2.37. The fourth-order valence-electron chi connectivity index (χ4n) is 4.45. The van der Waals surface area contributed by atoms with E-state index < -0.39 is 0 Å². The molecular weight excluding hydrogens is 228 g/mol. The summed E-state index contributed by atoms with van der Waals surface area (Å²) in [5, 5.41) is 0. The third-order valence-electron chi connectivity index (χ3n) is 5.59. The van der Waals surface area contributed by atoms with E-state index >= 15 is 0 Å². The summed E-state index contributed by atoms with van der Waals surface area (Å²) < 4.78 is 11.8. The van der Waals surface area contributed by atoms with E-state index in [2.05, 4.69) is 26.5 Å². The first-order valence-electron chi connectivity index (χ1n) is 6.75. The molecule has 2 saturated heterocycles. The molecule has 0 radical (unpaired) electrons. The maximum atomic E-state index is 11.8. The lowest BCUT2D eigenvalue weighted by Gasteiger charge is -2.26. The average molecular weight is 246 g/mol. The van der Waals surface area contributed by atoms with Gasteiger partial charge in [0.15, 0.2) is 0 Å². The van der Waals surface area contributed by atoms with E-state index in [1.165, 1.54) is 5.57 Å². The van der Waals surface area contributed by atoms with Crippen molar-refractivity contribution in [1.29, 1.82) is 0 Å². The molecule has 4 aliphatic rings. The minimum absolute atomic E-state index is 0.0248. The third-order valence-corrected chi connectivity index (χ3v) is 5.59. The molecule has 3 fully saturated rings. The standard InChI is InChI=1S/C15H18O3/c1-8-4-7-15-11(8)12-10(9(2)13(16)17-12)5-6-14(15,3)18-15/h4,10-12H,2,5-7H2,1,3H3/t10-,11+,12-,14-,15+/m0/s1. The number of fused-ring (bicyclic) bond motifs is 2. The highest BCUT2D eigenvalue weighted by Crippen LogP contribution is 2.67. The molecule has 0 aromatic carbocycles. The Morgan fingerprint density at radius 3 is 3.06 bits per heavy atom. The van der Waals surface area contributed by atoms with Gasteiger partial charge in [-0.15, -0.1) is 0 Å². The molecule has 3 nitrogen and oxygen atoms in total.